The maximum atomic E-state index is 13.6. The topological polar surface area (TPSA) is 94.2 Å². The molecule has 0 radical (unpaired) electrons. The first-order valence-corrected chi connectivity index (χ1v) is 13.9. The van der Waals surface area contributed by atoms with Gasteiger partial charge in [-0.15, -0.1) is 0 Å². The van der Waals surface area contributed by atoms with Crippen molar-refractivity contribution in [3.05, 3.63) is 77.3 Å². The third-order valence-electron chi connectivity index (χ3n) is 6.12. The zero-order valence-electron chi connectivity index (χ0n) is 21.7. The summed E-state index contributed by atoms with van der Waals surface area (Å²) in [6.07, 6.45) is -1.07. The van der Waals surface area contributed by atoms with Gasteiger partial charge in [-0.3, -0.25) is 9.10 Å². The number of carbonyl (C=O) groups is 1. The Bertz CT molecular complexity index is 1390. The summed E-state index contributed by atoms with van der Waals surface area (Å²) in [6.45, 7) is 6.67. The molecule has 38 heavy (non-hydrogen) atoms. The van der Waals surface area contributed by atoms with Gasteiger partial charge in [0.1, 0.15) is 23.9 Å². The summed E-state index contributed by atoms with van der Waals surface area (Å²) in [5.41, 5.74) is 1.51. The van der Waals surface area contributed by atoms with Gasteiger partial charge in [-0.2, -0.15) is 0 Å². The Labute approximate surface area is 228 Å². The molecule has 1 N–H and O–H groups in total. The molecule has 0 aromatic heterocycles. The summed E-state index contributed by atoms with van der Waals surface area (Å²) in [4.78, 5) is 13.0. The molecule has 1 aliphatic heterocycles. The standard InChI is InChI=1S/C28H31ClN2O6S/c1-28(2,3)19-5-8-22(9-6-19)36-16-15-30-27(32)26-18-31(24-17-20(29)7-14-25(24)37-26)38(33,34)23-12-10-21(35-4)11-13-23/h5-14,17,26H,15-16,18H2,1-4H3,(H,30,32)/t26-/m0/s1. The zero-order chi connectivity index (χ0) is 27.5. The lowest BCUT2D eigenvalue weighted by Crippen LogP contribution is -2.51. The van der Waals surface area contributed by atoms with Crippen molar-refractivity contribution in [2.75, 3.05) is 31.1 Å². The predicted molar refractivity (Wildman–Crippen MR) is 147 cm³/mol. The van der Waals surface area contributed by atoms with Crippen LogP contribution in [0.25, 0.3) is 0 Å². The van der Waals surface area contributed by atoms with Crippen LogP contribution in [0.2, 0.25) is 5.02 Å². The number of nitrogens with zero attached hydrogens (tertiary/aromatic N) is 1. The molecule has 202 valence electrons. The molecule has 1 amide bonds. The van der Waals surface area contributed by atoms with Gasteiger partial charge >= 0.3 is 0 Å². The molecule has 0 saturated carbocycles. The molecule has 0 bridgehead atoms. The molecule has 3 aromatic rings. The second-order valence-electron chi connectivity index (χ2n) is 9.84. The number of carbonyl (C=O) groups excluding carboxylic acids is 1. The number of anilines is 1. The summed E-state index contributed by atoms with van der Waals surface area (Å²) >= 11 is 6.16. The number of methoxy groups -OCH3 is 1. The maximum Gasteiger partial charge on any atom is 0.264 e. The molecule has 0 saturated heterocycles. The molecule has 1 atom stereocenters. The Morgan fingerprint density at radius 2 is 1.71 bits per heavy atom. The van der Waals surface area contributed by atoms with E-state index in [-0.39, 0.29) is 41.4 Å². The first-order valence-electron chi connectivity index (χ1n) is 12.1. The van der Waals surface area contributed by atoms with Crippen LogP contribution in [0.1, 0.15) is 26.3 Å². The van der Waals surface area contributed by atoms with Crippen molar-refractivity contribution >= 4 is 33.2 Å². The van der Waals surface area contributed by atoms with Gasteiger partial charge in [-0.25, -0.2) is 8.42 Å². The number of hydrogen-bond donors (Lipinski definition) is 1. The smallest absolute Gasteiger partial charge is 0.264 e. The second kappa shape index (κ2) is 11.1. The van der Waals surface area contributed by atoms with Gasteiger partial charge in [-0.05, 0) is 65.6 Å². The van der Waals surface area contributed by atoms with Crippen LogP contribution in [0.4, 0.5) is 5.69 Å². The highest BCUT2D eigenvalue weighted by Gasteiger charge is 2.37. The first-order chi connectivity index (χ1) is 18.0. The Morgan fingerprint density at radius 1 is 1.05 bits per heavy atom. The SMILES string of the molecule is COc1ccc(S(=O)(=O)N2C[C@@H](C(=O)NCCOc3ccc(C(C)(C)C)cc3)Oc3ccc(Cl)cc32)cc1. The van der Waals surface area contributed by atoms with E-state index in [0.29, 0.717) is 16.5 Å². The minimum Gasteiger partial charge on any atom is -0.497 e. The highest BCUT2D eigenvalue weighted by Crippen LogP contribution is 2.39. The number of hydrogen-bond acceptors (Lipinski definition) is 6. The third kappa shape index (κ3) is 6.16. The number of halogens is 1. The molecule has 4 rings (SSSR count). The molecule has 1 heterocycles. The van der Waals surface area contributed by atoms with E-state index in [4.69, 9.17) is 25.8 Å². The van der Waals surface area contributed by atoms with Crippen LogP contribution in [-0.2, 0) is 20.2 Å². The van der Waals surface area contributed by atoms with E-state index in [0.717, 1.165) is 4.31 Å². The van der Waals surface area contributed by atoms with Crippen molar-refractivity contribution in [1.82, 2.24) is 5.32 Å². The number of ether oxygens (including phenoxy) is 3. The lowest BCUT2D eigenvalue weighted by molar-refractivity contribution is -0.127. The van der Waals surface area contributed by atoms with E-state index in [2.05, 4.69) is 26.1 Å². The van der Waals surface area contributed by atoms with Crippen LogP contribution in [0, 0.1) is 0 Å². The van der Waals surface area contributed by atoms with Crippen LogP contribution in [-0.4, -0.2) is 47.2 Å². The molecule has 0 unspecified atom stereocenters. The molecule has 0 fully saturated rings. The van der Waals surface area contributed by atoms with Gasteiger partial charge in [0.05, 0.1) is 30.8 Å². The summed E-state index contributed by atoms with van der Waals surface area (Å²) in [5.74, 6) is 1.02. The van der Waals surface area contributed by atoms with Gasteiger partial charge in [0.15, 0.2) is 6.10 Å². The summed E-state index contributed by atoms with van der Waals surface area (Å²) in [6, 6.07) is 18.5. The highest BCUT2D eigenvalue weighted by atomic mass is 35.5. The average Bonchev–Trinajstić information content (AvgIpc) is 2.90. The number of nitrogens with one attached hydrogen (secondary N) is 1. The van der Waals surface area contributed by atoms with Gasteiger partial charge in [0.2, 0.25) is 0 Å². The van der Waals surface area contributed by atoms with Gasteiger partial charge in [0, 0.05) is 5.02 Å². The fourth-order valence-corrected chi connectivity index (χ4v) is 5.61. The Morgan fingerprint density at radius 3 is 2.34 bits per heavy atom. The Kier molecular flexibility index (Phi) is 8.08. The highest BCUT2D eigenvalue weighted by molar-refractivity contribution is 7.92. The molecular weight excluding hydrogens is 528 g/mol. The quantitative estimate of drug-likeness (QED) is 0.399. The molecule has 8 nitrogen and oxygen atoms in total. The fraction of sp³-hybridized carbons (Fsp3) is 0.321. The van der Waals surface area contributed by atoms with Gasteiger partial charge < -0.3 is 19.5 Å². The number of sulfonamides is 1. The average molecular weight is 559 g/mol. The van der Waals surface area contributed by atoms with E-state index < -0.39 is 22.0 Å². The Balaban J connectivity index is 1.44. The predicted octanol–water partition coefficient (Wildman–Crippen LogP) is 4.80. The van der Waals surface area contributed by atoms with Crippen molar-refractivity contribution in [1.29, 1.82) is 0 Å². The van der Waals surface area contributed by atoms with Crippen LogP contribution in [0.15, 0.2) is 71.6 Å². The number of rotatable bonds is 8. The monoisotopic (exact) mass is 558 g/mol. The summed E-state index contributed by atoms with van der Waals surface area (Å²) in [7, 11) is -2.52. The second-order valence-corrected chi connectivity index (χ2v) is 12.1. The van der Waals surface area contributed by atoms with E-state index >= 15 is 0 Å². The minimum atomic E-state index is -4.02. The van der Waals surface area contributed by atoms with Gasteiger partial charge in [-0.1, -0.05) is 44.5 Å². The molecule has 0 spiro atoms. The summed E-state index contributed by atoms with van der Waals surface area (Å²) in [5, 5.41) is 3.12. The van der Waals surface area contributed by atoms with E-state index in [9.17, 15) is 13.2 Å². The van der Waals surface area contributed by atoms with Crippen LogP contribution >= 0.6 is 11.6 Å². The molecule has 1 aliphatic rings. The maximum absolute atomic E-state index is 13.6. The van der Waals surface area contributed by atoms with Crippen molar-refractivity contribution < 1.29 is 27.4 Å². The number of amides is 1. The van der Waals surface area contributed by atoms with Crippen LogP contribution in [0.3, 0.4) is 0 Å². The largest absolute Gasteiger partial charge is 0.497 e. The van der Waals surface area contributed by atoms with E-state index in [1.165, 1.54) is 30.9 Å². The molecule has 3 aromatic carbocycles. The van der Waals surface area contributed by atoms with Crippen molar-refractivity contribution in [2.45, 2.75) is 37.2 Å². The number of fused-ring (bicyclic) bond motifs is 1. The third-order valence-corrected chi connectivity index (χ3v) is 8.15. The molecule has 10 heteroatoms. The fourth-order valence-electron chi connectivity index (χ4n) is 3.97. The number of benzene rings is 3. The molecule has 0 aliphatic carbocycles. The van der Waals surface area contributed by atoms with Crippen molar-refractivity contribution in [3.8, 4) is 17.2 Å². The van der Waals surface area contributed by atoms with Crippen LogP contribution in [0.5, 0.6) is 17.2 Å². The van der Waals surface area contributed by atoms with Crippen molar-refractivity contribution in [3.63, 3.8) is 0 Å². The zero-order valence-corrected chi connectivity index (χ0v) is 23.3. The normalized spacial score (nSPS) is 15.3. The molecular formula is C28H31ClN2O6S. The lowest BCUT2D eigenvalue weighted by Gasteiger charge is -2.34. The minimum absolute atomic E-state index is 0.0468. The summed E-state index contributed by atoms with van der Waals surface area (Å²) < 4.78 is 45.0. The Hall–Kier alpha value is -3.43. The lowest BCUT2D eigenvalue weighted by atomic mass is 9.87. The van der Waals surface area contributed by atoms with Crippen LogP contribution < -0.4 is 23.8 Å². The first kappa shape index (κ1) is 27.6. The van der Waals surface area contributed by atoms with Crippen molar-refractivity contribution in [2.24, 2.45) is 0 Å². The van der Waals surface area contributed by atoms with Gasteiger partial charge in [0.25, 0.3) is 15.9 Å². The van der Waals surface area contributed by atoms with E-state index in [1.807, 2.05) is 24.3 Å². The van der Waals surface area contributed by atoms with E-state index in [1.54, 1.807) is 24.3 Å².